The molecule has 2 aromatic carbocycles. The summed E-state index contributed by atoms with van der Waals surface area (Å²) in [5, 5.41) is 10.2. The second kappa shape index (κ2) is 7.57. The number of benzene rings is 2. The molecule has 1 atom stereocenters. The summed E-state index contributed by atoms with van der Waals surface area (Å²) in [4.78, 5) is 12.5. The van der Waals surface area contributed by atoms with Crippen molar-refractivity contribution in [3.05, 3.63) is 60.4 Å². The first-order valence-corrected chi connectivity index (χ1v) is 7.79. The van der Waals surface area contributed by atoms with E-state index >= 15 is 0 Å². The van der Waals surface area contributed by atoms with E-state index in [-0.39, 0.29) is 11.6 Å². The maximum Gasteiger partial charge on any atom is 0.266 e. The molecule has 0 aliphatic heterocycles. The molecule has 0 spiro atoms. The Kier molecular flexibility index (Phi) is 5.03. The molecular weight excluding hydrogens is 325 g/mol. The standard InChI is InChI=1S/C18H16FN3O3/c1-2-14(24-15-11-7-6-10-13(15)19)18(23)20-17-16(21-25-22-17)12-8-4-3-5-9-12/h3-11,14H,2H2,1H3,(H,20,22,23). The second-order valence-electron chi connectivity index (χ2n) is 5.26. The van der Waals surface area contributed by atoms with Crippen molar-refractivity contribution in [2.75, 3.05) is 5.32 Å². The second-order valence-corrected chi connectivity index (χ2v) is 5.26. The maximum atomic E-state index is 13.7. The van der Waals surface area contributed by atoms with Gasteiger partial charge in [-0.3, -0.25) is 4.79 Å². The minimum absolute atomic E-state index is 0.0195. The number of amides is 1. The van der Waals surface area contributed by atoms with Gasteiger partial charge < -0.3 is 10.1 Å². The van der Waals surface area contributed by atoms with Gasteiger partial charge in [-0.1, -0.05) is 49.4 Å². The Morgan fingerprint density at radius 3 is 2.60 bits per heavy atom. The number of ether oxygens (including phenoxy) is 1. The number of carbonyl (C=O) groups excluding carboxylic acids is 1. The SMILES string of the molecule is CCC(Oc1ccccc1F)C(=O)Nc1nonc1-c1ccccc1. The zero-order chi connectivity index (χ0) is 17.6. The number of hydrogen-bond donors (Lipinski definition) is 1. The molecule has 1 unspecified atom stereocenters. The predicted molar refractivity (Wildman–Crippen MR) is 89.5 cm³/mol. The van der Waals surface area contributed by atoms with Gasteiger partial charge in [-0.2, -0.15) is 0 Å². The third-order valence-corrected chi connectivity index (χ3v) is 3.55. The van der Waals surface area contributed by atoms with Gasteiger partial charge in [0.2, 0.25) is 5.82 Å². The van der Waals surface area contributed by atoms with Crippen LogP contribution in [-0.2, 0) is 4.79 Å². The molecule has 128 valence electrons. The fourth-order valence-corrected chi connectivity index (χ4v) is 2.27. The lowest BCUT2D eigenvalue weighted by molar-refractivity contribution is -0.122. The quantitative estimate of drug-likeness (QED) is 0.740. The molecule has 0 saturated heterocycles. The van der Waals surface area contributed by atoms with Crippen molar-refractivity contribution < 1.29 is 18.6 Å². The molecule has 1 heterocycles. The van der Waals surface area contributed by atoms with Crippen molar-refractivity contribution in [2.45, 2.75) is 19.4 Å². The number of rotatable bonds is 6. The molecule has 0 bridgehead atoms. The van der Waals surface area contributed by atoms with Crippen molar-refractivity contribution in [1.82, 2.24) is 10.3 Å². The first-order valence-electron chi connectivity index (χ1n) is 7.79. The fraction of sp³-hybridized carbons (Fsp3) is 0.167. The summed E-state index contributed by atoms with van der Waals surface area (Å²) in [6.45, 7) is 1.77. The minimum atomic E-state index is -0.878. The largest absolute Gasteiger partial charge is 0.478 e. The topological polar surface area (TPSA) is 77.2 Å². The highest BCUT2D eigenvalue weighted by Gasteiger charge is 2.23. The highest BCUT2D eigenvalue weighted by atomic mass is 19.1. The Bertz CT molecular complexity index is 852. The van der Waals surface area contributed by atoms with Crippen LogP contribution in [0.2, 0.25) is 0 Å². The smallest absolute Gasteiger partial charge is 0.266 e. The lowest BCUT2D eigenvalue weighted by Crippen LogP contribution is -2.32. The number of aromatic nitrogens is 2. The summed E-state index contributed by atoms with van der Waals surface area (Å²) in [5.41, 5.74) is 1.16. The molecule has 1 amide bonds. The van der Waals surface area contributed by atoms with Crippen LogP contribution in [0, 0.1) is 5.82 Å². The van der Waals surface area contributed by atoms with E-state index in [0.717, 1.165) is 5.56 Å². The van der Waals surface area contributed by atoms with Crippen LogP contribution in [0.5, 0.6) is 5.75 Å². The third kappa shape index (κ3) is 3.82. The summed E-state index contributed by atoms with van der Waals surface area (Å²) in [5.74, 6) is -0.779. The van der Waals surface area contributed by atoms with Crippen molar-refractivity contribution in [1.29, 1.82) is 0 Å². The van der Waals surface area contributed by atoms with Crippen LogP contribution < -0.4 is 10.1 Å². The Balaban J connectivity index is 1.75. The Hall–Kier alpha value is -3.22. The van der Waals surface area contributed by atoms with Gasteiger partial charge in [0.15, 0.2) is 23.4 Å². The Labute approximate surface area is 143 Å². The molecule has 1 aromatic heterocycles. The number of nitrogens with one attached hydrogen (secondary N) is 1. The van der Waals surface area contributed by atoms with Crippen LogP contribution in [0.1, 0.15) is 13.3 Å². The van der Waals surface area contributed by atoms with E-state index < -0.39 is 17.8 Å². The number of carbonyl (C=O) groups is 1. The highest BCUT2D eigenvalue weighted by molar-refractivity contribution is 5.96. The van der Waals surface area contributed by atoms with Crippen LogP contribution in [0.3, 0.4) is 0 Å². The summed E-state index contributed by atoms with van der Waals surface area (Å²) < 4.78 is 23.9. The molecule has 0 aliphatic carbocycles. The first kappa shape index (κ1) is 16.6. The Morgan fingerprint density at radius 2 is 1.88 bits per heavy atom. The van der Waals surface area contributed by atoms with Crippen LogP contribution in [0.25, 0.3) is 11.3 Å². The minimum Gasteiger partial charge on any atom is -0.478 e. The van der Waals surface area contributed by atoms with Crippen molar-refractivity contribution in [3.8, 4) is 17.0 Å². The van der Waals surface area contributed by atoms with Crippen molar-refractivity contribution in [2.24, 2.45) is 0 Å². The molecule has 3 aromatic rings. The average Bonchev–Trinajstić information content (AvgIpc) is 3.09. The van der Waals surface area contributed by atoms with Gasteiger partial charge in [-0.25, -0.2) is 9.02 Å². The monoisotopic (exact) mass is 341 g/mol. The fourth-order valence-electron chi connectivity index (χ4n) is 2.27. The molecule has 0 radical (unpaired) electrons. The molecule has 7 heteroatoms. The summed E-state index contributed by atoms with van der Waals surface area (Å²) >= 11 is 0. The zero-order valence-electron chi connectivity index (χ0n) is 13.5. The van der Waals surface area contributed by atoms with Crippen LogP contribution in [0.15, 0.2) is 59.2 Å². The lowest BCUT2D eigenvalue weighted by atomic mass is 10.1. The van der Waals surface area contributed by atoms with E-state index in [4.69, 9.17) is 9.37 Å². The molecule has 1 N–H and O–H groups in total. The zero-order valence-corrected chi connectivity index (χ0v) is 13.5. The molecule has 0 aliphatic rings. The normalized spacial score (nSPS) is 11.8. The summed E-state index contributed by atoms with van der Waals surface area (Å²) in [6, 6.07) is 15.1. The van der Waals surface area contributed by atoms with Gasteiger partial charge in [0.05, 0.1) is 0 Å². The van der Waals surface area contributed by atoms with E-state index in [1.165, 1.54) is 12.1 Å². The van der Waals surface area contributed by atoms with Crippen LogP contribution >= 0.6 is 0 Å². The summed E-state index contributed by atoms with van der Waals surface area (Å²) in [6.07, 6.45) is -0.524. The molecule has 0 fully saturated rings. The van der Waals surface area contributed by atoms with Crippen molar-refractivity contribution in [3.63, 3.8) is 0 Å². The maximum absolute atomic E-state index is 13.7. The average molecular weight is 341 g/mol. The van der Waals surface area contributed by atoms with Crippen LogP contribution in [-0.4, -0.2) is 22.3 Å². The van der Waals surface area contributed by atoms with E-state index in [0.29, 0.717) is 12.1 Å². The molecule has 3 rings (SSSR count). The molecular formula is C18H16FN3O3. The number of para-hydroxylation sites is 1. The Morgan fingerprint density at radius 1 is 1.16 bits per heavy atom. The van der Waals surface area contributed by atoms with Crippen molar-refractivity contribution >= 4 is 11.7 Å². The number of halogens is 1. The number of hydrogen-bond acceptors (Lipinski definition) is 5. The van der Waals surface area contributed by atoms with Gasteiger partial charge in [0.25, 0.3) is 5.91 Å². The van der Waals surface area contributed by atoms with Crippen LogP contribution in [0.4, 0.5) is 10.2 Å². The summed E-state index contributed by atoms with van der Waals surface area (Å²) in [7, 11) is 0. The van der Waals surface area contributed by atoms with Gasteiger partial charge in [-0.05, 0) is 28.9 Å². The number of anilines is 1. The molecule has 6 nitrogen and oxygen atoms in total. The molecule has 25 heavy (non-hydrogen) atoms. The van der Waals surface area contributed by atoms with E-state index in [9.17, 15) is 9.18 Å². The van der Waals surface area contributed by atoms with Gasteiger partial charge >= 0.3 is 0 Å². The lowest BCUT2D eigenvalue weighted by Gasteiger charge is -2.16. The number of nitrogens with zero attached hydrogens (tertiary/aromatic N) is 2. The van der Waals surface area contributed by atoms with Gasteiger partial charge in [0, 0.05) is 5.56 Å². The molecule has 0 saturated carbocycles. The van der Waals surface area contributed by atoms with E-state index in [1.807, 2.05) is 30.3 Å². The first-order chi connectivity index (χ1) is 12.2. The van der Waals surface area contributed by atoms with E-state index in [2.05, 4.69) is 15.6 Å². The highest BCUT2D eigenvalue weighted by Crippen LogP contribution is 2.24. The third-order valence-electron chi connectivity index (χ3n) is 3.55. The van der Waals surface area contributed by atoms with E-state index in [1.54, 1.807) is 19.1 Å². The van der Waals surface area contributed by atoms with Gasteiger partial charge in [-0.15, -0.1) is 0 Å². The van der Waals surface area contributed by atoms with Gasteiger partial charge in [0.1, 0.15) is 0 Å². The predicted octanol–water partition coefficient (Wildman–Crippen LogP) is 3.67.